The number of hydrogen-bond donors (Lipinski definition) is 1. The third kappa shape index (κ3) is 3.80. The summed E-state index contributed by atoms with van der Waals surface area (Å²) < 4.78 is 5.91. The number of anilines is 1. The Bertz CT molecular complexity index is 1160. The van der Waals surface area contributed by atoms with Gasteiger partial charge in [0.25, 0.3) is 0 Å². The van der Waals surface area contributed by atoms with Gasteiger partial charge in [0, 0.05) is 17.6 Å². The summed E-state index contributed by atoms with van der Waals surface area (Å²) >= 11 is 1.83. The SMILES string of the molecule is Cc1nc(NCc2cccc(OCc3ccccn3)c2)c2c3c(sc2n1)CCC3. The van der Waals surface area contributed by atoms with E-state index in [1.54, 1.807) is 6.20 Å². The second-order valence-electron chi connectivity index (χ2n) is 7.27. The van der Waals surface area contributed by atoms with Crippen molar-refractivity contribution in [1.29, 1.82) is 0 Å². The number of hydrogen-bond acceptors (Lipinski definition) is 6. The predicted octanol–water partition coefficient (Wildman–Crippen LogP) is 5.07. The maximum Gasteiger partial charge on any atom is 0.139 e. The zero-order chi connectivity index (χ0) is 19.6. The molecule has 0 fully saturated rings. The number of thiophene rings is 1. The number of fused-ring (bicyclic) bond motifs is 3. The molecular weight excluding hydrogens is 380 g/mol. The van der Waals surface area contributed by atoms with Crippen molar-refractivity contribution in [3.05, 3.63) is 76.2 Å². The number of nitrogens with one attached hydrogen (secondary N) is 1. The fraction of sp³-hybridized carbons (Fsp3) is 0.261. The molecule has 0 amide bonds. The molecule has 3 aromatic heterocycles. The zero-order valence-electron chi connectivity index (χ0n) is 16.3. The van der Waals surface area contributed by atoms with E-state index in [4.69, 9.17) is 9.72 Å². The van der Waals surface area contributed by atoms with Gasteiger partial charge in [-0.15, -0.1) is 11.3 Å². The molecule has 0 spiro atoms. The molecule has 146 valence electrons. The summed E-state index contributed by atoms with van der Waals surface area (Å²) in [6.45, 7) is 3.11. The van der Waals surface area contributed by atoms with Crippen molar-refractivity contribution in [2.45, 2.75) is 39.3 Å². The molecule has 0 unspecified atom stereocenters. The molecular formula is C23H22N4OS. The lowest BCUT2D eigenvalue weighted by Gasteiger charge is -2.11. The number of aryl methyl sites for hydroxylation is 3. The molecule has 0 radical (unpaired) electrons. The van der Waals surface area contributed by atoms with Crippen molar-refractivity contribution in [3.8, 4) is 5.75 Å². The molecule has 0 saturated carbocycles. The van der Waals surface area contributed by atoms with Gasteiger partial charge in [-0.3, -0.25) is 4.98 Å². The number of rotatable bonds is 6. The monoisotopic (exact) mass is 402 g/mol. The van der Waals surface area contributed by atoms with Crippen molar-refractivity contribution >= 4 is 27.4 Å². The van der Waals surface area contributed by atoms with Gasteiger partial charge in [0.2, 0.25) is 0 Å². The molecule has 4 aromatic rings. The Labute approximate surface area is 173 Å². The largest absolute Gasteiger partial charge is 0.487 e. The lowest BCUT2D eigenvalue weighted by atomic mass is 10.1. The van der Waals surface area contributed by atoms with Crippen LogP contribution in [-0.2, 0) is 26.0 Å². The third-order valence-electron chi connectivity index (χ3n) is 5.15. The number of benzene rings is 1. The summed E-state index contributed by atoms with van der Waals surface area (Å²) in [7, 11) is 0. The smallest absolute Gasteiger partial charge is 0.139 e. The quantitative estimate of drug-likeness (QED) is 0.488. The molecule has 0 aliphatic heterocycles. The Balaban J connectivity index is 1.33. The van der Waals surface area contributed by atoms with Gasteiger partial charge >= 0.3 is 0 Å². The Kier molecular flexibility index (Phi) is 4.86. The van der Waals surface area contributed by atoms with Crippen LogP contribution in [0.4, 0.5) is 5.82 Å². The molecule has 0 atom stereocenters. The Morgan fingerprint density at radius 2 is 2.07 bits per heavy atom. The first-order valence-electron chi connectivity index (χ1n) is 9.91. The molecule has 1 aromatic carbocycles. The fourth-order valence-electron chi connectivity index (χ4n) is 3.80. The summed E-state index contributed by atoms with van der Waals surface area (Å²) in [4.78, 5) is 16.3. The van der Waals surface area contributed by atoms with E-state index in [2.05, 4.69) is 27.4 Å². The van der Waals surface area contributed by atoms with E-state index in [-0.39, 0.29) is 0 Å². The minimum absolute atomic E-state index is 0.463. The number of aromatic nitrogens is 3. The molecule has 3 heterocycles. The van der Waals surface area contributed by atoms with E-state index in [1.807, 2.05) is 48.6 Å². The molecule has 0 bridgehead atoms. The van der Waals surface area contributed by atoms with Gasteiger partial charge < -0.3 is 10.1 Å². The van der Waals surface area contributed by atoms with Gasteiger partial charge in [-0.05, 0) is 61.6 Å². The van der Waals surface area contributed by atoms with Crippen LogP contribution in [-0.4, -0.2) is 15.0 Å². The molecule has 1 aliphatic carbocycles. The van der Waals surface area contributed by atoms with Crippen LogP contribution in [0.5, 0.6) is 5.75 Å². The highest BCUT2D eigenvalue weighted by atomic mass is 32.1. The first-order valence-corrected chi connectivity index (χ1v) is 10.7. The second-order valence-corrected chi connectivity index (χ2v) is 8.35. The van der Waals surface area contributed by atoms with E-state index >= 15 is 0 Å². The fourth-order valence-corrected chi connectivity index (χ4v) is 5.11. The molecule has 29 heavy (non-hydrogen) atoms. The van der Waals surface area contributed by atoms with E-state index in [1.165, 1.54) is 28.7 Å². The molecule has 0 saturated heterocycles. The highest BCUT2D eigenvalue weighted by Gasteiger charge is 2.21. The summed E-state index contributed by atoms with van der Waals surface area (Å²) in [6, 6.07) is 14.0. The van der Waals surface area contributed by atoms with Crippen LogP contribution in [0.15, 0.2) is 48.7 Å². The molecule has 5 rings (SSSR count). The lowest BCUT2D eigenvalue weighted by molar-refractivity contribution is 0.301. The lowest BCUT2D eigenvalue weighted by Crippen LogP contribution is -2.05. The summed E-state index contributed by atoms with van der Waals surface area (Å²) in [5, 5.41) is 4.77. The number of pyridine rings is 1. The van der Waals surface area contributed by atoms with E-state index in [0.717, 1.165) is 39.9 Å². The molecule has 6 heteroatoms. The Morgan fingerprint density at radius 3 is 2.97 bits per heavy atom. The number of nitrogens with zero attached hydrogens (tertiary/aromatic N) is 3. The average molecular weight is 403 g/mol. The van der Waals surface area contributed by atoms with Crippen LogP contribution in [0.1, 0.15) is 33.9 Å². The topological polar surface area (TPSA) is 59.9 Å². The van der Waals surface area contributed by atoms with Crippen LogP contribution in [0.2, 0.25) is 0 Å². The Hall–Kier alpha value is -2.99. The maximum atomic E-state index is 5.91. The molecule has 1 N–H and O–H groups in total. The van der Waals surface area contributed by atoms with Crippen LogP contribution in [0.25, 0.3) is 10.2 Å². The standard InChI is InChI=1S/C23H22N4OS/c1-15-26-22(21-19-9-5-10-20(19)29-23(21)27-15)25-13-16-6-4-8-18(12-16)28-14-17-7-2-3-11-24-17/h2-4,6-8,11-12H,5,9-10,13-14H2,1H3,(H,25,26,27). The van der Waals surface area contributed by atoms with E-state index < -0.39 is 0 Å². The van der Waals surface area contributed by atoms with Gasteiger partial charge in [0.05, 0.1) is 11.1 Å². The first-order chi connectivity index (χ1) is 14.3. The average Bonchev–Trinajstić information content (AvgIpc) is 3.32. The second kappa shape index (κ2) is 7.79. The van der Waals surface area contributed by atoms with Crippen molar-refractivity contribution in [3.63, 3.8) is 0 Å². The van der Waals surface area contributed by atoms with Crippen molar-refractivity contribution < 1.29 is 4.74 Å². The first kappa shape index (κ1) is 18.1. The molecule has 5 nitrogen and oxygen atoms in total. The van der Waals surface area contributed by atoms with Crippen LogP contribution >= 0.6 is 11.3 Å². The van der Waals surface area contributed by atoms with Gasteiger partial charge in [-0.25, -0.2) is 9.97 Å². The summed E-state index contributed by atoms with van der Waals surface area (Å²) in [5.74, 6) is 2.61. The van der Waals surface area contributed by atoms with E-state index in [0.29, 0.717) is 13.2 Å². The maximum absolute atomic E-state index is 5.91. The van der Waals surface area contributed by atoms with Crippen LogP contribution in [0, 0.1) is 6.92 Å². The highest BCUT2D eigenvalue weighted by Crippen LogP contribution is 2.39. The van der Waals surface area contributed by atoms with Crippen LogP contribution in [0.3, 0.4) is 0 Å². The minimum atomic E-state index is 0.463. The van der Waals surface area contributed by atoms with E-state index in [9.17, 15) is 0 Å². The van der Waals surface area contributed by atoms with Crippen molar-refractivity contribution in [2.24, 2.45) is 0 Å². The third-order valence-corrected chi connectivity index (χ3v) is 6.33. The summed E-state index contributed by atoms with van der Waals surface area (Å²) in [5.41, 5.74) is 3.51. The van der Waals surface area contributed by atoms with Gasteiger partial charge in [0.15, 0.2) is 0 Å². The van der Waals surface area contributed by atoms with Gasteiger partial charge in [-0.2, -0.15) is 0 Å². The van der Waals surface area contributed by atoms with Crippen molar-refractivity contribution in [2.75, 3.05) is 5.32 Å². The minimum Gasteiger partial charge on any atom is -0.487 e. The predicted molar refractivity (Wildman–Crippen MR) is 117 cm³/mol. The summed E-state index contributed by atoms with van der Waals surface area (Å²) in [6.07, 6.45) is 5.32. The number of ether oxygens (including phenoxy) is 1. The van der Waals surface area contributed by atoms with Crippen LogP contribution < -0.4 is 10.1 Å². The Morgan fingerprint density at radius 1 is 1.10 bits per heavy atom. The normalized spacial score (nSPS) is 12.9. The molecule has 1 aliphatic rings. The zero-order valence-corrected chi connectivity index (χ0v) is 17.1. The van der Waals surface area contributed by atoms with Gasteiger partial charge in [-0.1, -0.05) is 18.2 Å². The van der Waals surface area contributed by atoms with Gasteiger partial charge in [0.1, 0.15) is 28.8 Å². The van der Waals surface area contributed by atoms with Crippen molar-refractivity contribution in [1.82, 2.24) is 15.0 Å². The highest BCUT2D eigenvalue weighted by molar-refractivity contribution is 7.19.